The van der Waals surface area contributed by atoms with Gasteiger partial charge in [0.2, 0.25) is 0 Å². The molecule has 1 aliphatic rings. The van der Waals surface area contributed by atoms with Crippen LogP contribution in [-0.2, 0) is 10.9 Å². The second-order valence-corrected chi connectivity index (χ2v) is 6.71. The molecule has 2 rings (SSSR count). The summed E-state index contributed by atoms with van der Waals surface area (Å²) in [6.45, 7) is 6.14. The molecule has 1 aromatic carbocycles. The summed E-state index contributed by atoms with van der Waals surface area (Å²) in [5.74, 6) is 0. The molecular weight excluding hydrogens is 321 g/mol. The predicted molar refractivity (Wildman–Crippen MR) is 86.3 cm³/mol. The Bertz CT molecular complexity index is 661. The molecule has 0 atom stereocenters. The van der Waals surface area contributed by atoms with Crippen LogP contribution in [0.25, 0.3) is 5.57 Å². The predicted octanol–water partition coefficient (Wildman–Crippen LogP) is 4.31. The van der Waals surface area contributed by atoms with Gasteiger partial charge in [-0.15, -0.1) is 0 Å². The molecule has 0 saturated carbocycles. The molecule has 0 saturated heterocycles. The highest BCUT2D eigenvalue weighted by molar-refractivity contribution is 5.78. The minimum absolute atomic E-state index is 0.0850. The maximum atomic E-state index is 12.7. The van der Waals surface area contributed by atoms with Crippen molar-refractivity contribution in [2.24, 2.45) is 0 Å². The number of benzene rings is 1. The van der Waals surface area contributed by atoms with Crippen LogP contribution >= 0.6 is 0 Å². The van der Waals surface area contributed by atoms with Gasteiger partial charge >= 0.3 is 12.3 Å². The van der Waals surface area contributed by atoms with E-state index >= 15 is 0 Å². The third-order valence-corrected chi connectivity index (χ3v) is 3.59. The average molecular weight is 342 g/mol. The first-order valence-electron chi connectivity index (χ1n) is 7.61. The lowest BCUT2D eigenvalue weighted by Crippen LogP contribution is -2.39. The van der Waals surface area contributed by atoms with E-state index in [0.717, 1.165) is 17.7 Å². The van der Waals surface area contributed by atoms with Crippen LogP contribution in [0.4, 0.5) is 23.7 Å². The maximum Gasteiger partial charge on any atom is 0.416 e. The van der Waals surface area contributed by atoms with Crippen molar-refractivity contribution in [3.8, 4) is 0 Å². The number of halogens is 3. The van der Waals surface area contributed by atoms with Gasteiger partial charge in [0.1, 0.15) is 5.60 Å². The number of carbonyl (C=O) groups excluding carboxylic acids is 1. The summed E-state index contributed by atoms with van der Waals surface area (Å²) < 4.78 is 43.4. The first-order chi connectivity index (χ1) is 11.0. The van der Waals surface area contributed by atoms with Crippen LogP contribution < -0.4 is 5.73 Å². The molecule has 1 aliphatic heterocycles. The molecule has 4 nitrogen and oxygen atoms in total. The number of ether oxygens (including phenoxy) is 1. The molecule has 7 heteroatoms. The van der Waals surface area contributed by atoms with Gasteiger partial charge in [0.15, 0.2) is 0 Å². The van der Waals surface area contributed by atoms with Crippen LogP contribution in [0.2, 0.25) is 0 Å². The van der Waals surface area contributed by atoms with Crippen LogP contribution in [0.15, 0.2) is 24.3 Å². The van der Waals surface area contributed by atoms with Crippen LogP contribution in [0.3, 0.4) is 0 Å². The highest BCUT2D eigenvalue weighted by Gasteiger charge is 2.31. The molecule has 0 radical (unpaired) electrons. The summed E-state index contributed by atoms with van der Waals surface area (Å²) in [7, 11) is 0. The fourth-order valence-corrected chi connectivity index (χ4v) is 2.44. The van der Waals surface area contributed by atoms with Crippen molar-refractivity contribution in [3.63, 3.8) is 0 Å². The summed E-state index contributed by atoms with van der Waals surface area (Å²) in [4.78, 5) is 13.6. The smallest absolute Gasteiger partial charge is 0.416 e. The van der Waals surface area contributed by atoms with E-state index in [1.54, 1.807) is 31.7 Å². The Hall–Kier alpha value is -2.18. The monoisotopic (exact) mass is 342 g/mol. The van der Waals surface area contributed by atoms with Crippen molar-refractivity contribution >= 4 is 17.4 Å². The molecule has 0 aromatic heterocycles. The second kappa shape index (κ2) is 6.37. The summed E-state index contributed by atoms with van der Waals surface area (Å²) in [5.41, 5.74) is 5.94. The highest BCUT2D eigenvalue weighted by atomic mass is 19.4. The lowest BCUT2D eigenvalue weighted by Gasteiger charge is -2.30. The average Bonchev–Trinajstić information content (AvgIpc) is 2.44. The fraction of sp³-hybridized carbons (Fsp3) is 0.471. The number of amides is 1. The fourth-order valence-electron chi connectivity index (χ4n) is 2.44. The van der Waals surface area contributed by atoms with Gasteiger partial charge < -0.3 is 15.4 Å². The lowest BCUT2D eigenvalue weighted by molar-refractivity contribution is -0.137. The first kappa shape index (κ1) is 18.2. The highest BCUT2D eigenvalue weighted by Crippen LogP contribution is 2.34. The van der Waals surface area contributed by atoms with E-state index in [2.05, 4.69) is 0 Å². The summed E-state index contributed by atoms with van der Waals surface area (Å²) >= 11 is 0. The van der Waals surface area contributed by atoms with Crippen molar-refractivity contribution in [1.29, 1.82) is 0 Å². The number of alkyl halides is 3. The van der Waals surface area contributed by atoms with Crippen LogP contribution in [0.1, 0.15) is 38.3 Å². The quantitative estimate of drug-likeness (QED) is 0.774. The van der Waals surface area contributed by atoms with Crippen molar-refractivity contribution < 1.29 is 22.7 Å². The zero-order valence-electron chi connectivity index (χ0n) is 13.9. The summed E-state index contributed by atoms with van der Waals surface area (Å²) in [6, 6.07) is 3.34. The molecule has 0 spiro atoms. The number of nitrogen functional groups attached to an aromatic ring is 1. The molecule has 132 valence electrons. The van der Waals surface area contributed by atoms with E-state index in [-0.39, 0.29) is 5.69 Å². The molecule has 2 N–H and O–H groups in total. The number of hydrogen-bond donors (Lipinski definition) is 1. The summed E-state index contributed by atoms with van der Waals surface area (Å²) in [5, 5.41) is 0. The lowest BCUT2D eigenvalue weighted by atomic mass is 9.96. The van der Waals surface area contributed by atoms with Crippen LogP contribution in [0, 0.1) is 0 Å². The number of hydrogen-bond acceptors (Lipinski definition) is 3. The van der Waals surface area contributed by atoms with Crippen molar-refractivity contribution in [2.75, 3.05) is 18.8 Å². The van der Waals surface area contributed by atoms with E-state index in [9.17, 15) is 18.0 Å². The molecule has 0 bridgehead atoms. The Kier molecular flexibility index (Phi) is 4.82. The Morgan fingerprint density at radius 3 is 2.38 bits per heavy atom. The number of rotatable bonds is 1. The van der Waals surface area contributed by atoms with Crippen LogP contribution in [0.5, 0.6) is 0 Å². The van der Waals surface area contributed by atoms with Gasteiger partial charge in [0, 0.05) is 24.3 Å². The topological polar surface area (TPSA) is 55.6 Å². The third-order valence-electron chi connectivity index (χ3n) is 3.59. The number of nitrogens with zero attached hydrogens (tertiary/aromatic N) is 1. The van der Waals surface area contributed by atoms with Crippen molar-refractivity contribution in [3.05, 3.63) is 35.4 Å². The first-order valence-corrected chi connectivity index (χ1v) is 7.61. The van der Waals surface area contributed by atoms with E-state index in [4.69, 9.17) is 10.5 Å². The van der Waals surface area contributed by atoms with E-state index < -0.39 is 23.4 Å². The number of anilines is 1. The Labute approximate surface area is 139 Å². The van der Waals surface area contributed by atoms with E-state index in [1.165, 1.54) is 6.07 Å². The largest absolute Gasteiger partial charge is 0.444 e. The minimum Gasteiger partial charge on any atom is -0.444 e. The third kappa shape index (κ3) is 4.43. The number of nitrogens with two attached hydrogens (primary N) is 1. The molecular formula is C17H21F3N2O2. The van der Waals surface area contributed by atoms with Crippen LogP contribution in [-0.4, -0.2) is 29.7 Å². The van der Waals surface area contributed by atoms with Crippen molar-refractivity contribution in [2.45, 2.75) is 39.0 Å². The Balaban J connectivity index is 2.12. The van der Waals surface area contributed by atoms with Gasteiger partial charge in [-0.1, -0.05) is 12.1 Å². The van der Waals surface area contributed by atoms with Gasteiger partial charge in [-0.3, -0.25) is 0 Å². The molecule has 1 amide bonds. The van der Waals surface area contributed by atoms with Gasteiger partial charge in [-0.2, -0.15) is 13.2 Å². The van der Waals surface area contributed by atoms with Gasteiger partial charge in [0.25, 0.3) is 0 Å². The van der Waals surface area contributed by atoms with E-state index in [0.29, 0.717) is 25.1 Å². The van der Waals surface area contributed by atoms with Gasteiger partial charge in [-0.25, -0.2) is 4.79 Å². The standard InChI is InChI=1S/C17H21F3N2O2/c1-16(2,3)24-15(23)22-8-6-11(7-9-22)13-5-4-12(10-14(13)21)17(18,19)20/h4-6,10H,7-9,21H2,1-3H3. The Morgan fingerprint density at radius 1 is 1.25 bits per heavy atom. The zero-order valence-corrected chi connectivity index (χ0v) is 13.9. The molecule has 0 fully saturated rings. The molecule has 0 aliphatic carbocycles. The maximum absolute atomic E-state index is 12.7. The van der Waals surface area contributed by atoms with Crippen molar-refractivity contribution in [1.82, 2.24) is 4.90 Å². The molecule has 1 heterocycles. The molecule has 24 heavy (non-hydrogen) atoms. The van der Waals surface area contributed by atoms with Gasteiger partial charge in [-0.05, 0) is 44.9 Å². The molecule has 0 unspecified atom stereocenters. The van der Waals surface area contributed by atoms with E-state index in [1.807, 2.05) is 0 Å². The number of carbonyl (C=O) groups is 1. The second-order valence-electron chi connectivity index (χ2n) is 6.71. The minimum atomic E-state index is -4.42. The Morgan fingerprint density at radius 2 is 1.92 bits per heavy atom. The zero-order chi connectivity index (χ0) is 18.1. The SMILES string of the molecule is CC(C)(C)OC(=O)N1CC=C(c2ccc(C(F)(F)F)cc2N)CC1. The summed E-state index contributed by atoms with van der Waals surface area (Å²) in [6.07, 6.45) is -2.51. The van der Waals surface area contributed by atoms with Gasteiger partial charge in [0.05, 0.1) is 5.56 Å². The normalized spacial score (nSPS) is 15.9. The molecule has 1 aromatic rings.